The third-order valence-electron chi connectivity index (χ3n) is 4.24. The Morgan fingerprint density at radius 1 is 0.952 bits per heavy atom. The van der Waals surface area contributed by atoms with Crippen molar-refractivity contribution < 1.29 is 4.52 Å². The Morgan fingerprint density at radius 2 is 1.71 bits per heavy atom. The molecule has 0 aliphatic heterocycles. The van der Waals surface area contributed by atoms with Gasteiger partial charge in [0, 0.05) is 5.92 Å². The van der Waals surface area contributed by atoms with Gasteiger partial charge in [-0.1, -0.05) is 54.6 Å². The summed E-state index contributed by atoms with van der Waals surface area (Å²) in [6.07, 6.45) is 1.73. The van der Waals surface area contributed by atoms with Gasteiger partial charge in [-0.25, -0.2) is 9.95 Å². The van der Waals surface area contributed by atoms with Gasteiger partial charge in [0.05, 0.1) is 11.3 Å². The first kappa shape index (κ1) is 12.2. The van der Waals surface area contributed by atoms with Gasteiger partial charge in [-0.05, 0) is 29.5 Å². The van der Waals surface area contributed by atoms with Crippen LogP contribution in [0.2, 0.25) is 0 Å². The number of benzene rings is 2. The van der Waals surface area contributed by atoms with Crippen LogP contribution in [0.25, 0.3) is 0 Å². The Labute approximate surface area is 122 Å². The number of rotatable bonds is 1. The van der Waals surface area contributed by atoms with E-state index in [0.717, 1.165) is 29.7 Å². The molecule has 0 amide bonds. The lowest BCUT2D eigenvalue weighted by Gasteiger charge is -2.17. The van der Waals surface area contributed by atoms with Crippen molar-refractivity contribution in [2.24, 2.45) is 0 Å². The summed E-state index contributed by atoms with van der Waals surface area (Å²) in [5.74, 6) is -0.0533. The molecule has 3 aromatic rings. The van der Waals surface area contributed by atoms with Crippen molar-refractivity contribution in [2.75, 3.05) is 0 Å². The molecule has 1 N–H and O–H groups in total. The second kappa shape index (κ2) is 4.77. The van der Waals surface area contributed by atoms with Gasteiger partial charge in [0.2, 0.25) is 0 Å². The Bertz CT molecular complexity index is 830. The molecule has 0 saturated carbocycles. The molecule has 1 aromatic heterocycles. The summed E-state index contributed by atoms with van der Waals surface area (Å²) in [7, 11) is 0. The van der Waals surface area contributed by atoms with E-state index < -0.39 is 0 Å². The summed E-state index contributed by atoms with van der Waals surface area (Å²) < 4.78 is 5.06. The monoisotopic (exact) mass is 277 g/mol. The Morgan fingerprint density at radius 3 is 2.57 bits per heavy atom. The predicted molar refractivity (Wildman–Crippen MR) is 80.6 cm³/mol. The molecule has 0 fully saturated rings. The van der Waals surface area contributed by atoms with E-state index in [0.29, 0.717) is 0 Å². The first-order valence-corrected chi connectivity index (χ1v) is 7.17. The topological polar surface area (TPSA) is 46.0 Å². The molecule has 0 spiro atoms. The quantitative estimate of drug-likeness (QED) is 0.742. The van der Waals surface area contributed by atoms with Gasteiger partial charge in [0.25, 0.3) is 0 Å². The van der Waals surface area contributed by atoms with Gasteiger partial charge < -0.3 is 4.52 Å². The van der Waals surface area contributed by atoms with Gasteiger partial charge in [0.15, 0.2) is 0 Å². The van der Waals surface area contributed by atoms with E-state index in [9.17, 15) is 4.79 Å². The summed E-state index contributed by atoms with van der Waals surface area (Å²) in [5, 5.41) is 2.81. The van der Waals surface area contributed by atoms with Crippen molar-refractivity contribution in [1.82, 2.24) is 5.16 Å². The highest BCUT2D eigenvalue weighted by molar-refractivity contribution is 5.48. The largest absolute Gasteiger partial charge is 0.361 e. The van der Waals surface area contributed by atoms with Gasteiger partial charge >= 0.3 is 5.63 Å². The van der Waals surface area contributed by atoms with Gasteiger partial charge in [0.1, 0.15) is 0 Å². The molecule has 0 radical (unpaired) electrons. The molecule has 2 aromatic carbocycles. The number of nitrogens with one attached hydrogen (secondary N) is 1. The number of H-pyrrole nitrogens is 1. The molecule has 1 atom stereocenters. The van der Waals surface area contributed by atoms with Crippen molar-refractivity contribution in [1.29, 1.82) is 0 Å². The van der Waals surface area contributed by atoms with Crippen LogP contribution in [0, 0.1) is 0 Å². The van der Waals surface area contributed by atoms with Crippen molar-refractivity contribution in [3.05, 3.63) is 93.0 Å². The number of aromatic amines is 1. The van der Waals surface area contributed by atoms with E-state index in [1.807, 2.05) is 24.3 Å². The maximum atomic E-state index is 12.2. The van der Waals surface area contributed by atoms with Crippen LogP contribution < -0.4 is 5.63 Å². The van der Waals surface area contributed by atoms with Crippen molar-refractivity contribution >= 4 is 0 Å². The first-order valence-electron chi connectivity index (χ1n) is 7.17. The van der Waals surface area contributed by atoms with E-state index in [1.54, 1.807) is 0 Å². The van der Waals surface area contributed by atoms with Gasteiger partial charge in [-0.15, -0.1) is 0 Å². The Hall–Kier alpha value is -2.55. The molecule has 1 aliphatic rings. The van der Waals surface area contributed by atoms with Crippen LogP contribution in [-0.2, 0) is 12.8 Å². The standard InChI is InChI=1S/C18H15NO2/c20-18-17-15(19-21-18)11-10-12-6-4-5-9-14(12)16(17)13-7-2-1-3-8-13/h1-9,16,19H,10-11H2. The number of aryl methyl sites for hydroxylation is 2. The first-order chi connectivity index (χ1) is 10.3. The van der Waals surface area contributed by atoms with E-state index in [4.69, 9.17) is 4.52 Å². The van der Waals surface area contributed by atoms with Crippen LogP contribution >= 0.6 is 0 Å². The maximum absolute atomic E-state index is 12.2. The zero-order valence-corrected chi connectivity index (χ0v) is 11.5. The molecule has 0 bridgehead atoms. The van der Waals surface area contributed by atoms with Crippen LogP contribution in [0.15, 0.2) is 63.9 Å². The zero-order valence-electron chi connectivity index (χ0n) is 11.5. The maximum Gasteiger partial charge on any atom is 0.361 e. The number of aromatic nitrogens is 1. The summed E-state index contributed by atoms with van der Waals surface area (Å²) in [6.45, 7) is 0. The van der Waals surface area contributed by atoms with E-state index in [-0.39, 0.29) is 11.5 Å². The third kappa shape index (κ3) is 1.93. The predicted octanol–water partition coefficient (Wildman–Crippen LogP) is 3.25. The fourth-order valence-electron chi connectivity index (χ4n) is 3.27. The molecule has 1 aliphatic carbocycles. The fourth-order valence-corrected chi connectivity index (χ4v) is 3.27. The lowest BCUT2D eigenvalue weighted by atomic mass is 9.84. The van der Waals surface area contributed by atoms with Crippen LogP contribution in [0.3, 0.4) is 0 Å². The minimum atomic E-state index is -0.254. The normalized spacial score (nSPS) is 16.9. The summed E-state index contributed by atoms with van der Waals surface area (Å²) in [4.78, 5) is 12.2. The van der Waals surface area contributed by atoms with Crippen molar-refractivity contribution in [2.45, 2.75) is 18.8 Å². The highest BCUT2D eigenvalue weighted by atomic mass is 16.5. The Balaban J connectivity index is 2.03. The fraction of sp³-hybridized carbons (Fsp3) is 0.167. The van der Waals surface area contributed by atoms with E-state index >= 15 is 0 Å². The van der Waals surface area contributed by atoms with E-state index in [2.05, 4.69) is 35.5 Å². The molecule has 104 valence electrons. The average Bonchev–Trinajstić information content (AvgIpc) is 2.80. The lowest BCUT2D eigenvalue weighted by Crippen LogP contribution is -2.12. The molecule has 3 nitrogen and oxygen atoms in total. The highest BCUT2D eigenvalue weighted by Crippen LogP contribution is 2.36. The minimum absolute atomic E-state index is 0.0533. The highest BCUT2D eigenvalue weighted by Gasteiger charge is 2.29. The average molecular weight is 277 g/mol. The third-order valence-corrected chi connectivity index (χ3v) is 4.24. The molecular weight excluding hydrogens is 262 g/mol. The van der Waals surface area contributed by atoms with Gasteiger partial charge in [-0.3, -0.25) is 0 Å². The number of hydrogen-bond acceptors (Lipinski definition) is 2. The smallest absolute Gasteiger partial charge is 0.339 e. The molecule has 21 heavy (non-hydrogen) atoms. The van der Waals surface area contributed by atoms with Crippen molar-refractivity contribution in [3.63, 3.8) is 0 Å². The molecule has 0 saturated heterocycles. The molecule has 3 heteroatoms. The van der Waals surface area contributed by atoms with Gasteiger partial charge in [-0.2, -0.15) is 0 Å². The van der Waals surface area contributed by atoms with Crippen LogP contribution in [0.1, 0.15) is 33.9 Å². The number of hydrogen-bond donors (Lipinski definition) is 1. The summed E-state index contributed by atoms with van der Waals surface area (Å²) in [5.41, 5.74) is 5.05. The second-order valence-electron chi connectivity index (χ2n) is 5.43. The van der Waals surface area contributed by atoms with Crippen LogP contribution in [0.4, 0.5) is 0 Å². The second-order valence-corrected chi connectivity index (χ2v) is 5.43. The zero-order chi connectivity index (χ0) is 14.2. The van der Waals surface area contributed by atoms with E-state index in [1.165, 1.54) is 11.1 Å². The molecule has 1 heterocycles. The summed E-state index contributed by atoms with van der Waals surface area (Å²) in [6, 6.07) is 18.5. The van der Waals surface area contributed by atoms with Crippen molar-refractivity contribution in [3.8, 4) is 0 Å². The van der Waals surface area contributed by atoms with Crippen LogP contribution in [0.5, 0.6) is 0 Å². The number of fused-ring (bicyclic) bond motifs is 2. The molecule has 1 unspecified atom stereocenters. The lowest BCUT2D eigenvalue weighted by molar-refractivity contribution is 0.383. The Kier molecular flexibility index (Phi) is 2.78. The SMILES string of the molecule is O=c1o[nH]c2c1C(c1ccccc1)c1ccccc1CC2. The summed E-state index contributed by atoms with van der Waals surface area (Å²) >= 11 is 0. The molecular formula is C18H15NO2. The molecule has 4 rings (SSSR count). The minimum Gasteiger partial charge on any atom is -0.339 e. The van der Waals surface area contributed by atoms with Crippen LogP contribution in [-0.4, -0.2) is 5.16 Å².